The van der Waals surface area contributed by atoms with Crippen molar-refractivity contribution in [3.05, 3.63) is 0 Å². The number of nitrogens with zero attached hydrogens (tertiary/aromatic N) is 2. The first-order valence-corrected chi connectivity index (χ1v) is 8.20. The predicted octanol–water partition coefficient (Wildman–Crippen LogP) is 1.68. The molecule has 1 saturated carbocycles. The highest BCUT2D eigenvalue weighted by Gasteiger charge is 2.20. The Morgan fingerprint density at radius 1 is 1.24 bits per heavy atom. The lowest BCUT2D eigenvalue weighted by atomic mass is 10.3. The third-order valence-electron chi connectivity index (χ3n) is 3.89. The molecule has 5 nitrogen and oxygen atoms in total. The molecule has 2 fully saturated rings. The molecule has 1 heterocycles. The van der Waals surface area contributed by atoms with Crippen LogP contribution in [0.25, 0.3) is 0 Å². The van der Waals surface area contributed by atoms with Crippen molar-refractivity contribution in [2.75, 3.05) is 52.5 Å². The van der Waals surface area contributed by atoms with Crippen LogP contribution in [0.4, 0.5) is 0 Å². The normalized spacial score (nSPS) is 20.0. The van der Waals surface area contributed by atoms with Gasteiger partial charge in [0.15, 0.2) is 5.96 Å². The molecule has 1 saturated heterocycles. The number of aliphatic imine (C=N–C) groups is 1. The van der Waals surface area contributed by atoms with Gasteiger partial charge in [0.2, 0.25) is 0 Å². The topological polar surface area (TPSA) is 48.9 Å². The van der Waals surface area contributed by atoms with Crippen LogP contribution in [0.15, 0.2) is 4.99 Å². The Bertz CT molecular complexity index is 291. The summed E-state index contributed by atoms with van der Waals surface area (Å²) < 4.78 is 5.36. The second-order valence-electron chi connectivity index (χ2n) is 5.73. The van der Waals surface area contributed by atoms with Gasteiger partial charge in [0.25, 0.3) is 0 Å². The maximum Gasteiger partial charge on any atom is 0.191 e. The predicted molar refractivity (Wildman–Crippen MR) is 98.6 cm³/mol. The smallest absolute Gasteiger partial charge is 0.191 e. The van der Waals surface area contributed by atoms with Gasteiger partial charge >= 0.3 is 0 Å². The number of hydrogen-bond acceptors (Lipinski definition) is 3. The highest BCUT2D eigenvalue weighted by atomic mass is 127. The summed E-state index contributed by atoms with van der Waals surface area (Å²) in [5, 5.41) is 6.76. The minimum Gasteiger partial charge on any atom is -0.379 e. The first-order valence-electron chi connectivity index (χ1n) is 8.20. The second kappa shape index (κ2) is 11.5. The standard InChI is InChI=1S/C15H30N4O.HI/c1-2-16-15(18-8-6-14-4-5-14)17-7-3-9-19-10-12-20-13-11-19;/h14H,2-13H2,1H3,(H2,16,17,18);1H. The Morgan fingerprint density at radius 3 is 2.67 bits per heavy atom. The van der Waals surface area contributed by atoms with E-state index in [1.165, 1.54) is 19.3 Å². The molecule has 1 aliphatic carbocycles. The second-order valence-corrected chi connectivity index (χ2v) is 5.73. The maximum absolute atomic E-state index is 5.36. The monoisotopic (exact) mass is 410 g/mol. The van der Waals surface area contributed by atoms with Crippen LogP contribution < -0.4 is 10.6 Å². The van der Waals surface area contributed by atoms with Gasteiger partial charge in [-0.2, -0.15) is 0 Å². The molecule has 2 rings (SSSR count). The third-order valence-corrected chi connectivity index (χ3v) is 3.89. The summed E-state index contributed by atoms with van der Waals surface area (Å²) in [5.74, 6) is 1.96. The van der Waals surface area contributed by atoms with Crippen LogP contribution >= 0.6 is 24.0 Å². The molecule has 1 aliphatic heterocycles. The van der Waals surface area contributed by atoms with E-state index >= 15 is 0 Å². The highest BCUT2D eigenvalue weighted by Crippen LogP contribution is 2.31. The van der Waals surface area contributed by atoms with Crippen LogP contribution in [0.5, 0.6) is 0 Å². The molecule has 21 heavy (non-hydrogen) atoms. The lowest BCUT2D eigenvalue weighted by Crippen LogP contribution is -2.38. The largest absolute Gasteiger partial charge is 0.379 e. The fourth-order valence-corrected chi connectivity index (χ4v) is 2.45. The molecular weight excluding hydrogens is 379 g/mol. The Morgan fingerprint density at radius 2 is 2.00 bits per heavy atom. The van der Waals surface area contributed by atoms with Gasteiger partial charge in [0, 0.05) is 39.3 Å². The molecule has 0 amide bonds. The van der Waals surface area contributed by atoms with Crippen molar-refractivity contribution < 1.29 is 4.74 Å². The summed E-state index contributed by atoms with van der Waals surface area (Å²) >= 11 is 0. The van der Waals surface area contributed by atoms with Gasteiger partial charge in [-0.05, 0) is 25.7 Å². The van der Waals surface area contributed by atoms with Crippen LogP contribution in [0.3, 0.4) is 0 Å². The zero-order valence-corrected chi connectivity index (χ0v) is 15.6. The van der Waals surface area contributed by atoms with Crippen LogP contribution in [-0.4, -0.2) is 63.3 Å². The van der Waals surface area contributed by atoms with Crippen LogP contribution in [0.1, 0.15) is 32.6 Å². The average molecular weight is 410 g/mol. The number of nitrogens with one attached hydrogen (secondary N) is 2. The molecule has 0 aromatic rings. The minimum absolute atomic E-state index is 0. The molecule has 0 aromatic heterocycles. The first kappa shape index (κ1) is 19.0. The molecule has 2 N–H and O–H groups in total. The van der Waals surface area contributed by atoms with E-state index in [1.54, 1.807) is 0 Å². The Kier molecular flexibility index (Phi) is 10.4. The van der Waals surface area contributed by atoms with Gasteiger partial charge in [-0.1, -0.05) is 12.8 Å². The average Bonchev–Trinajstić information content (AvgIpc) is 3.29. The van der Waals surface area contributed by atoms with E-state index in [9.17, 15) is 0 Å². The van der Waals surface area contributed by atoms with Crippen molar-refractivity contribution in [2.45, 2.75) is 32.6 Å². The zero-order chi connectivity index (χ0) is 14.0. The van der Waals surface area contributed by atoms with Gasteiger partial charge in [-0.3, -0.25) is 9.89 Å². The van der Waals surface area contributed by atoms with Crippen LogP contribution in [0, 0.1) is 5.92 Å². The van der Waals surface area contributed by atoms with E-state index in [1.807, 2.05) is 0 Å². The number of morpholine rings is 1. The fraction of sp³-hybridized carbons (Fsp3) is 0.933. The Balaban J connectivity index is 0.00000220. The van der Waals surface area contributed by atoms with E-state index in [-0.39, 0.29) is 24.0 Å². The van der Waals surface area contributed by atoms with E-state index in [0.717, 1.165) is 70.8 Å². The molecule has 2 aliphatic rings. The van der Waals surface area contributed by atoms with E-state index in [0.29, 0.717) is 0 Å². The van der Waals surface area contributed by atoms with Crippen LogP contribution in [0.2, 0.25) is 0 Å². The van der Waals surface area contributed by atoms with E-state index in [2.05, 4.69) is 27.4 Å². The number of hydrogen-bond donors (Lipinski definition) is 2. The van der Waals surface area contributed by atoms with Crippen molar-refractivity contribution in [3.63, 3.8) is 0 Å². The summed E-state index contributed by atoms with van der Waals surface area (Å²) in [4.78, 5) is 7.12. The molecule has 0 aromatic carbocycles. The lowest BCUT2D eigenvalue weighted by Gasteiger charge is -2.26. The maximum atomic E-state index is 5.36. The van der Waals surface area contributed by atoms with Gasteiger partial charge in [-0.15, -0.1) is 24.0 Å². The zero-order valence-electron chi connectivity index (χ0n) is 13.3. The highest BCUT2D eigenvalue weighted by molar-refractivity contribution is 14.0. The Hall–Kier alpha value is -0.0800. The summed E-state index contributed by atoms with van der Waals surface area (Å²) in [5.41, 5.74) is 0. The lowest BCUT2D eigenvalue weighted by molar-refractivity contribution is 0.0377. The van der Waals surface area contributed by atoms with E-state index < -0.39 is 0 Å². The summed E-state index contributed by atoms with van der Waals surface area (Å²) in [6, 6.07) is 0. The molecule has 0 radical (unpaired) electrons. The first-order chi connectivity index (χ1) is 9.88. The molecule has 0 atom stereocenters. The molecule has 124 valence electrons. The van der Waals surface area contributed by atoms with Crippen molar-refractivity contribution in [1.82, 2.24) is 15.5 Å². The molecule has 6 heteroatoms. The van der Waals surface area contributed by atoms with E-state index in [4.69, 9.17) is 4.74 Å². The SMILES string of the molecule is CCNC(=NCCCN1CCOCC1)NCCC1CC1.I. The minimum atomic E-state index is 0. The Labute approximate surface area is 146 Å². The number of rotatable bonds is 8. The molecule has 0 bridgehead atoms. The molecule has 0 spiro atoms. The third kappa shape index (κ3) is 8.83. The van der Waals surface area contributed by atoms with Crippen molar-refractivity contribution in [2.24, 2.45) is 10.9 Å². The quantitative estimate of drug-likeness (QED) is 0.277. The van der Waals surface area contributed by atoms with Crippen LogP contribution in [-0.2, 0) is 4.74 Å². The van der Waals surface area contributed by atoms with Gasteiger partial charge in [-0.25, -0.2) is 0 Å². The number of guanidine groups is 1. The molecule has 0 unspecified atom stereocenters. The van der Waals surface area contributed by atoms with Crippen molar-refractivity contribution in [1.29, 1.82) is 0 Å². The summed E-state index contributed by atoms with van der Waals surface area (Å²) in [6.45, 7) is 10.0. The van der Waals surface area contributed by atoms with Crippen molar-refractivity contribution >= 4 is 29.9 Å². The number of ether oxygens (including phenoxy) is 1. The summed E-state index contributed by atoms with van der Waals surface area (Å²) in [7, 11) is 0. The molecular formula is C15H31IN4O. The van der Waals surface area contributed by atoms with Gasteiger partial charge < -0.3 is 15.4 Å². The van der Waals surface area contributed by atoms with Gasteiger partial charge in [0.1, 0.15) is 0 Å². The number of halogens is 1. The van der Waals surface area contributed by atoms with Crippen molar-refractivity contribution in [3.8, 4) is 0 Å². The fourth-order valence-electron chi connectivity index (χ4n) is 2.45. The van der Waals surface area contributed by atoms with Gasteiger partial charge in [0.05, 0.1) is 13.2 Å². The summed E-state index contributed by atoms with van der Waals surface area (Å²) in [6.07, 6.45) is 5.27.